The predicted molar refractivity (Wildman–Crippen MR) is 110 cm³/mol. The van der Waals surface area contributed by atoms with Crippen molar-refractivity contribution < 1.29 is 4.74 Å². The molecule has 1 aromatic carbocycles. The molecule has 0 radical (unpaired) electrons. The highest BCUT2D eigenvalue weighted by Crippen LogP contribution is 2.01. The van der Waals surface area contributed by atoms with Crippen LogP contribution in [0.3, 0.4) is 0 Å². The highest BCUT2D eigenvalue weighted by Gasteiger charge is 1.98. The third-order valence-corrected chi connectivity index (χ3v) is 3.38. The van der Waals surface area contributed by atoms with Gasteiger partial charge in [-0.2, -0.15) is 0 Å². The minimum absolute atomic E-state index is 0. The average molecular weight is 433 g/mol. The smallest absolute Gasteiger partial charge is 0.191 e. The standard InChI is InChI=1S/C18H31N3O.HI/c1-16(2)11-14-22-15-13-21-18(19-3)20-12-7-10-17-8-5-4-6-9-17;/h4-6,8-9,16H,7,10-15H2,1-3H3,(H2,19,20,21);1H. The minimum Gasteiger partial charge on any atom is -0.380 e. The molecule has 0 atom stereocenters. The van der Waals surface area contributed by atoms with Crippen LogP contribution in [0.15, 0.2) is 35.3 Å². The molecule has 0 fully saturated rings. The van der Waals surface area contributed by atoms with Crippen molar-refractivity contribution in [1.82, 2.24) is 10.6 Å². The van der Waals surface area contributed by atoms with E-state index in [1.807, 2.05) is 0 Å². The number of aliphatic imine (C=N–C) groups is 1. The van der Waals surface area contributed by atoms with E-state index in [-0.39, 0.29) is 24.0 Å². The molecule has 0 aliphatic carbocycles. The highest BCUT2D eigenvalue weighted by molar-refractivity contribution is 14.0. The molecule has 0 unspecified atom stereocenters. The van der Waals surface area contributed by atoms with Crippen LogP contribution in [0.25, 0.3) is 0 Å². The lowest BCUT2D eigenvalue weighted by Gasteiger charge is -2.12. The fraction of sp³-hybridized carbons (Fsp3) is 0.611. The molecule has 23 heavy (non-hydrogen) atoms. The Labute approximate surface area is 158 Å². The van der Waals surface area contributed by atoms with Gasteiger partial charge in [0, 0.05) is 26.7 Å². The summed E-state index contributed by atoms with van der Waals surface area (Å²) in [5, 5.41) is 6.60. The van der Waals surface area contributed by atoms with E-state index in [0.29, 0.717) is 5.92 Å². The molecule has 0 saturated heterocycles. The van der Waals surface area contributed by atoms with Crippen LogP contribution in [0.1, 0.15) is 32.3 Å². The number of hydrogen-bond donors (Lipinski definition) is 2. The van der Waals surface area contributed by atoms with Gasteiger partial charge in [-0.1, -0.05) is 44.2 Å². The van der Waals surface area contributed by atoms with E-state index in [2.05, 4.69) is 59.8 Å². The van der Waals surface area contributed by atoms with Crippen LogP contribution < -0.4 is 10.6 Å². The van der Waals surface area contributed by atoms with Gasteiger partial charge in [-0.3, -0.25) is 4.99 Å². The third-order valence-electron chi connectivity index (χ3n) is 3.38. The molecule has 132 valence electrons. The van der Waals surface area contributed by atoms with Gasteiger partial charge >= 0.3 is 0 Å². The molecule has 4 nitrogen and oxygen atoms in total. The van der Waals surface area contributed by atoms with Crippen molar-refractivity contribution in [2.75, 3.05) is 33.4 Å². The van der Waals surface area contributed by atoms with E-state index in [4.69, 9.17) is 4.74 Å². The molecule has 0 saturated carbocycles. The van der Waals surface area contributed by atoms with E-state index >= 15 is 0 Å². The zero-order valence-corrected chi connectivity index (χ0v) is 17.0. The second kappa shape index (κ2) is 14.8. The van der Waals surface area contributed by atoms with Crippen molar-refractivity contribution in [3.8, 4) is 0 Å². The molecule has 0 aromatic heterocycles. The molecule has 1 rings (SSSR count). The molecular formula is C18H32IN3O. The quantitative estimate of drug-likeness (QED) is 0.257. The summed E-state index contributed by atoms with van der Waals surface area (Å²) >= 11 is 0. The summed E-state index contributed by atoms with van der Waals surface area (Å²) in [4.78, 5) is 4.22. The van der Waals surface area contributed by atoms with Gasteiger partial charge in [0.05, 0.1) is 6.61 Å². The first kappa shape index (κ1) is 22.2. The number of aryl methyl sites for hydroxylation is 1. The van der Waals surface area contributed by atoms with Crippen molar-refractivity contribution in [3.05, 3.63) is 35.9 Å². The Morgan fingerprint density at radius 1 is 1.09 bits per heavy atom. The van der Waals surface area contributed by atoms with E-state index < -0.39 is 0 Å². The molecule has 1 aromatic rings. The number of nitrogens with one attached hydrogen (secondary N) is 2. The van der Waals surface area contributed by atoms with Crippen LogP contribution in [0.4, 0.5) is 0 Å². The zero-order valence-electron chi connectivity index (χ0n) is 14.7. The molecule has 2 N–H and O–H groups in total. The lowest BCUT2D eigenvalue weighted by atomic mass is 10.1. The van der Waals surface area contributed by atoms with Gasteiger partial charge in [0.25, 0.3) is 0 Å². The monoisotopic (exact) mass is 433 g/mol. The Balaban J connectivity index is 0.00000484. The number of benzene rings is 1. The Kier molecular flexibility index (Phi) is 14.2. The van der Waals surface area contributed by atoms with E-state index in [0.717, 1.165) is 51.5 Å². The average Bonchev–Trinajstić information content (AvgIpc) is 2.53. The van der Waals surface area contributed by atoms with Crippen molar-refractivity contribution in [2.45, 2.75) is 33.1 Å². The van der Waals surface area contributed by atoms with Crippen LogP contribution >= 0.6 is 24.0 Å². The van der Waals surface area contributed by atoms with Gasteiger partial charge in [-0.15, -0.1) is 24.0 Å². The number of hydrogen-bond acceptors (Lipinski definition) is 2. The molecular weight excluding hydrogens is 401 g/mol. The number of nitrogens with zero attached hydrogens (tertiary/aromatic N) is 1. The predicted octanol–water partition coefficient (Wildman–Crippen LogP) is 3.46. The molecule has 0 spiro atoms. The summed E-state index contributed by atoms with van der Waals surface area (Å²) in [6, 6.07) is 10.6. The van der Waals surface area contributed by atoms with E-state index in [1.165, 1.54) is 5.56 Å². The molecule has 0 aliphatic rings. The Bertz CT molecular complexity index is 410. The number of ether oxygens (including phenoxy) is 1. The SMILES string of the molecule is CN=C(NCCCc1ccccc1)NCCOCCC(C)C.I. The maximum Gasteiger partial charge on any atom is 0.191 e. The number of halogens is 1. The fourth-order valence-corrected chi connectivity index (χ4v) is 2.03. The first-order valence-corrected chi connectivity index (χ1v) is 8.28. The molecule has 0 aliphatic heterocycles. The van der Waals surface area contributed by atoms with Crippen LogP contribution in [0, 0.1) is 5.92 Å². The fourth-order valence-electron chi connectivity index (χ4n) is 2.03. The molecule has 0 amide bonds. The molecule has 0 heterocycles. The number of guanidine groups is 1. The summed E-state index contributed by atoms with van der Waals surface area (Å²) in [5.41, 5.74) is 1.38. The van der Waals surface area contributed by atoms with Crippen molar-refractivity contribution in [1.29, 1.82) is 0 Å². The summed E-state index contributed by atoms with van der Waals surface area (Å²) < 4.78 is 5.58. The van der Waals surface area contributed by atoms with Crippen LogP contribution in [-0.4, -0.2) is 39.3 Å². The molecule has 5 heteroatoms. The van der Waals surface area contributed by atoms with Gasteiger partial charge in [0.15, 0.2) is 5.96 Å². The van der Waals surface area contributed by atoms with Crippen molar-refractivity contribution in [3.63, 3.8) is 0 Å². The van der Waals surface area contributed by atoms with Crippen molar-refractivity contribution >= 4 is 29.9 Å². The lowest BCUT2D eigenvalue weighted by Crippen LogP contribution is -2.39. The lowest BCUT2D eigenvalue weighted by molar-refractivity contribution is 0.128. The second-order valence-corrected chi connectivity index (χ2v) is 5.81. The van der Waals surface area contributed by atoms with Gasteiger partial charge in [-0.25, -0.2) is 0 Å². The van der Waals surface area contributed by atoms with Gasteiger partial charge in [0.2, 0.25) is 0 Å². The van der Waals surface area contributed by atoms with Crippen LogP contribution in [-0.2, 0) is 11.2 Å². The first-order chi connectivity index (χ1) is 10.7. The molecule has 0 bridgehead atoms. The minimum atomic E-state index is 0. The van der Waals surface area contributed by atoms with Crippen LogP contribution in [0.5, 0.6) is 0 Å². The summed E-state index contributed by atoms with van der Waals surface area (Å²) in [7, 11) is 1.80. The summed E-state index contributed by atoms with van der Waals surface area (Å²) in [6.45, 7) is 7.69. The first-order valence-electron chi connectivity index (χ1n) is 8.28. The topological polar surface area (TPSA) is 45.7 Å². The Morgan fingerprint density at radius 3 is 2.43 bits per heavy atom. The van der Waals surface area contributed by atoms with Gasteiger partial charge in [0.1, 0.15) is 0 Å². The number of rotatable bonds is 10. The Morgan fingerprint density at radius 2 is 1.78 bits per heavy atom. The normalized spacial score (nSPS) is 11.2. The Hall–Kier alpha value is -0.820. The maximum absolute atomic E-state index is 5.58. The summed E-state index contributed by atoms with van der Waals surface area (Å²) in [5.74, 6) is 1.55. The highest BCUT2D eigenvalue weighted by atomic mass is 127. The van der Waals surface area contributed by atoms with Crippen LogP contribution in [0.2, 0.25) is 0 Å². The second-order valence-electron chi connectivity index (χ2n) is 5.81. The van der Waals surface area contributed by atoms with E-state index in [9.17, 15) is 0 Å². The van der Waals surface area contributed by atoms with E-state index in [1.54, 1.807) is 7.05 Å². The van der Waals surface area contributed by atoms with Gasteiger partial charge in [-0.05, 0) is 30.7 Å². The summed E-state index contributed by atoms with van der Waals surface area (Å²) in [6.07, 6.45) is 3.30. The zero-order chi connectivity index (χ0) is 16.0. The maximum atomic E-state index is 5.58. The van der Waals surface area contributed by atoms with Gasteiger partial charge < -0.3 is 15.4 Å². The largest absolute Gasteiger partial charge is 0.380 e. The van der Waals surface area contributed by atoms with Crippen molar-refractivity contribution in [2.24, 2.45) is 10.9 Å². The third kappa shape index (κ3) is 12.3.